The van der Waals surface area contributed by atoms with Crippen LogP contribution < -0.4 is 10.1 Å². The van der Waals surface area contributed by atoms with Crippen LogP contribution in [0.3, 0.4) is 0 Å². The van der Waals surface area contributed by atoms with Crippen molar-refractivity contribution in [2.24, 2.45) is 0 Å². The molecule has 1 aliphatic carbocycles. The normalized spacial score (nSPS) is 17.4. The molecule has 1 N–H and O–H groups in total. The maximum Gasteiger partial charge on any atom is 0.412 e. The molecule has 1 aliphatic rings. The molecule has 0 aliphatic heterocycles. The molecular weight excluding hydrogens is 402 g/mol. The summed E-state index contributed by atoms with van der Waals surface area (Å²) >= 11 is 0. The first-order valence-electron chi connectivity index (χ1n) is 10.6. The van der Waals surface area contributed by atoms with Gasteiger partial charge in [0.15, 0.2) is 8.32 Å². The van der Waals surface area contributed by atoms with Gasteiger partial charge in [-0.25, -0.2) is 4.79 Å². The summed E-state index contributed by atoms with van der Waals surface area (Å²) in [7, 11) is 2.32. The summed E-state index contributed by atoms with van der Waals surface area (Å²) < 4.78 is 12.0. The number of nitrogens with one attached hydrogen (secondary N) is 1. The molecule has 30 heavy (non-hydrogen) atoms. The molecule has 0 heterocycles. The summed E-state index contributed by atoms with van der Waals surface area (Å²) in [5, 5.41) is 13.6. The van der Waals surface area contributed by atoms with Gasteiger partial charge >= 0.3 is 6.09 Å². The van der Waals surface area contributed by atoms with E-state index in [4.69, 9.17) is 9.16 Å². The number of nitrogens with zero attached hydrogens (tertiary/aromatic N) is 2. The van der Waals surface area contributed by atoms with Crippen LogP contribution in [0.5, 0.6) is 5.75 Å². The van der Waals surface area contributed by atoms with E-state index in [0.29, 0.717) is 6.54 Å². The Kier molecular flexibility index (Phi) is 8.40. The maximum absolute atomic E-state index is 12.2. The lowest BCUT2D eigenvalue weighted by molar-refractivity contribution is -0.384. The summed E-state index contributed by atoms with van der Waals surface area (Å²) in [5.74, 6) is 0.269. The molecule has 9 heteroatoms. The van der Waals surface area contributed by atoms with E-state index in [1.807, 2.05) is 14.1 Å². The van der Waals surface area contributed by atoms with E-state index in [2.05, 4.69) is 29.9 Å². The van der Waals surface area contributed by atoms with Gasteiger partial charge in [-0.3, -0.25) is 10.1 Å². The molecule has 1 fully saturated rings. The number of hydrogen-bond donors (Lipinski definition) is 1. The van der Waals surface area contributed by atoms with Crippen molar-refractivity contribution >= 4 is 20.1 Å². The predicted octanol–water partition coefficient (Wildman–Crippen LogP) is 4.56. The smallest absolute Gasteiger partial charge is 0.412 e. The second-order valence-electron chi connectivity index (χ2n) is 9.30. The topological polar surface area (TPSA) is 93.9 Å². The molecule has 1 amide bonds. The average Bonchev–Trinajstić information content (AvgIpc) is 2.64. The quantitative estimate of drug-likeness (QED) is 0.346. The van der Waals surface area contributed by atoms with Crippen molar-refractivity contribution in [1.29, 1.82) is 0 Å². The lowest BCUT2D eigenvalue weighted by atomic mass is 9.80. The van der Waals surface area contributed by atoms with Gasteiger partial charge in [0.1, 0.15) is 5.75 Å². The van der Waals surface area contributed by atoms with Gasteiger partial charge in [0, 0.05) is 24.7 Å². The van der Waals surface area contributed by atoms with Gasteiger partial charge in [-0.05, 0) is 65.1 Å². The number of ether oxygens (including phenoxy) is 1. The molecule has 0 spiro atoms. The van der Waals surface area contributed by atoms with Gasteiger partial charge in [-0.2, -0.15) is 0 Å². The number of benzene rings is 1. The van der Waals surface area contributed by atoms with Crippen molar-refractivity contribution in [1.82, 2.24) is 10.2 Å². The lowest BCUT2D eigenvalue weighted by Crippen LogP contribution is -2.51. The Hall–Kier alpha value is -1.97. The number of hydrogen-bond acceptors (Lipinski definition) is 6. The molecule has 1 atom stereocenters. The van der Waals surface area contributed by atoms with Crippen LogP contribution in [0.2, 0.25) is 19.6 Å². The molecule has 1 unspecified atom stereocenters. The van der Waals surface area contributed by atoms with Gasteiger partial charge in [-0.15, -0.1) is 0 Å². The van der Waals surface area contributed by atoms with E-state index >= 15 is 0 Å². The first-order valence-corrected chi connectivity index (χ1v) is 14.0. The van der Waals surface area contributed by atoms with Crippen LogP contribution in [-0.4, -0.2) is 56.5 Å². The van der Waals surface area contributed by atoms with Crippen LogP contribution in [0, 0.1) is 10.1 Å². The number of nitro benzene ring substituents is 1. The van der Waals surface area contributed by atoms with Crippen LogP contribution in [0.25, 0.3) is 0 Å². The zero-order valence-corrected chi connectivity index (χ0v) is 19.8. The fraction of sp³-hybridized carbons (Fsp3) is 0.667. The van der Waals surface area contributed by atoms with Crippen LogP contribution >= 0.6 is 0 Å². The fourth-order valence-corrected chi connectivity index (χ4v) is 5.63. The number of carbonyl (C=O) groups excluding carboxylic acids is 1. The van der Waals surface area contributed by atoms with Gasteiger partial charge < -0.3 is 19.4 Å². The van der Waals surface area contributed by atoms with E-state index in [0.717, 1.165) is 19.3 Å². The van der Waals surface area contributed by atoms with Gasteiger partial charge in [0.25, 0.3) is 5.69 Å². The predicted molar refractivity (Wildman–Crippen MR) is 119 cm³/mol. The molecule has 168 valence electrons. The number of likely N-dealkylation sites (N-methyl/N-ethyl adjacent to an activating group) is 1. The number of carbonyl (C=O) groups is 1. The van der Waals surface area contributed by atoms with E-state index < -0.39 is 19.3 Å². The molecule has 0 bridgehead atoms. The van der Waals surface area contributed by atoms with E-state index in [1.165, 1.54) is 43.5 Å². The van der Waals surface area contributed by atoms with Crippen molar-refractivity contribution in [2.75, 3.05) is 20.6 Å². The van der Waals surface area contributed by atoms with Crippen LogP contribution in [0.15, 0.2) is 24.3 Å². The standard InChI is InChI=1S/C21H35N3O5Si/c1-23(2)18(15-21(29-30(3,4)5)13-7-6-8-14-21)16-22-20(25)28-19-11-9-17(10-12-19)24(26)27/h9-12,18H,6-8,13-16H2,1-5H3,(H,22,25). The molecular formula is C21H35N3O5Si. The maximum atomic E-state index is 12.2. The van der Waals surface area contributed by atoms with Crippen LogP contribution in [0.4, 0.5) is 10.5 Å². The Balaban J connectivity index is 1.97. The highest BCUT2D eigenvalue weighted by Crippen LogP contribution is 2.38. The molecule has 1 aromatic carbocycles. The third-order valence-electron chi connectivity index (χ3n) is 5.37. The average molecular weight is 438 g/mol. The van der Waals surface area contributed by atoms with Crippen molar-refractivity contribution in [3.63, 3.8) is 0 Å². The van der Waals surface area contributed by atoms with Crippen LogP contribution in [-0.2, 0) is 4.43 Å². The third kappa shape index (κ3) is 7.70. The van der Waals surface area contributed by atoms with Gasteiger partial charge in [-0.1, -0.05) is 19.3 Å². The third-order valence-corrected chi connectivity index (χ3v) is 6.41. The Morgan fingerprint density at radius 3 is 2.30 bits per heavy atom. The first kappa shape index (κ1) is 24.3. The molecule has 2 rings (SSSR count). The fourth-order valence-electron chi connectivity index (χ4n) is 4.04. The number of amides is 1. The summed E-state index contributed by atoms with van der Waals surface area (Å²) in [6.45, 7) is 7.13. The SMILES string of the molecule is CN(C)C(CNC(=O)Oc1ccc([N+](=O)[O-])cc1)CC1(O[Si](C)(C)C)CCCCC1. The highest BCUT2D eigenvalue weighted by Gasteiger charge is 2.39. The van der Waals surface area contributed by atoms with Crippen molar-refractivity contribution in [3.05, 3.63) is 34.4 Å². The van der Waals surface area contributed by atoms with Gasteiger partial charge in [0.05, 0.1) is 10.5 Å². The monoisotopic (exact) mass is 437 g/mol. The minimum Gasteiger partial charge on any atom is -0.412 e. The van der Waals surface area contributed by atoms with Gasteiger partial charge in [0.2, 0.25) is 0 Å². The second kappa shape index (κ2) is 10.4. The van der Waals surface area contributed by atoms with E-state index in [9.17, 15) is 14.9 Å². The lowest BCUT2D eigenvalue weighted by Gasteiger charge is -2.45. The molecule has 8 nitrogen and oxygen atoms in total. The number of nitro groups is 1. The summed E-state index contributed by atoms with van der Waals surface area (Å²) in [5.41, 5.74) is -0.169. The highest BCUT2D eigenvalue weighted by molar-refractivity contribution is 6.69. The highest BCUT2D eigenvalue weighted by atomic mass is 28.4. The Bertz CT molecular complexity index is 712. The van der Waals surface area contributed by atoms with E-state index in [-0.39, 0.29) is 23.1 Å². The van der Waals surface area contributed by atoms with E-state index in [1.54, 1.807) is 0 Å². The number of non-ortho nitro benzene ring substituents is 1. The zero-order chi connectivity index (χ0) is 22.4. The zero-order valence-electron chi connectivity index (χ0n) is 18.8. The molecule has 0 radical (unpaired) electrons. The summed E-state index contributed by atoms with van der Waals surface area (Å²) in [4.78, 5) is 24.6. The minimum absolute atomic E-state index is 0.0457. The second-order valence-corrected chi connectivity index (χ2v) is 13.7. The molecule has 1 saturated carbocycles. The Morgan fingerprint density at radius 1 is 1.20 bits per heavy atom. The van der Waals surface area contributed by atoms with Crippen molar-refractivity contribution < 1.29 is 18.9 Å². The summed E-state index contributed by atoms with van der Waals surface area (Å²) in [6.07, 6.45) is 6.04. The largest absolute Gasteiger partial charge is 0.412 e. The molecule has 0 saturated heterocycles. The number of rotatable bonds is 9. The van der Waals surface area contributed by atoms with Crippen LogP contribution in [0.1, 0.15) is 38.5 Å². The Labute approximate surface area is 180 Å². The Morgan fingerprint density at radius 2 is 1.80 bits per heavy atom. The van der Waals surface area contributed by atoms with Crippen molar-refractivity contribution in [2.45, 2.75) is 69.8 Å². The molecule has 1 aromatic rings. The first-order chi connectivity index (χ1) is 14.0. The molecule has 0 aromatic heterocycles. The van der Waals surface area contributed by atoms with Crippen molar-refractivity contribution in [3.8, 4) is 5.75 Å². The summed E-state index contributed by atoms with van der Waals surface area (Å²) in [6, 6.07) is 5.57. The minimum atomic E-state index is -1.71.